The second-order valence-electron chi connectivity index (χ2n) is 5.76. The SMILES string of the molecule is CCOc1cc(NC2CCN(C3CC3)C2)cc([N+](=O)[O-])c1. The van der Waals surface area contributed by atoms with Crippen LogP contribution in [0.3, 0.4) is 0 Å². The van der Waals surface area contributed by atoms with E-state index in [-0.39, 0.29) is 10.6 Å². The van der Waals surface area contributed by atoms with E-state index in [1.807, 2.05) is 13.0 Å². The molecule has 1 saturated carbocycles. The normalized spacial score (nSPS) is 22.2. The molecule has 6 heteroatoms. The van der Waals surface area contributed by atoms with Crippen molar-refractivity contribution in [1.29, 1.82) is 0 Å². The molecular weight excluding hydrogens is 270 g/mol. The Labute approximate surface area is 124 Å². The van der Waals surface area contributed by atoms with Crippen molar-refractivity contribution in [3.63, 3.8) is 0 Å². The molecule has 2 fully saturated rings. The van der Waals surface area contributed by atoms with Gasteiger partial charge in [0.05, 0.1) is 17.6 Å². The van der Waals surface area contributed by atoms with E-state index in [1.54, 1.807) is 6.07 Å². The number of likely N-dealkylation sites (tertiary alicyclic amines) is 1. The average Bonchev–Trinajstić information content (AvgIpc) is 3.20. The lowest BCUT2D eigenvalue weighted by Gasteiger charge is -2.17. The number of non-ortho nitro benzene ring substituents is 1. The fourth-order valence-corrected chi connectivity index (χ4v) is 2.93. The molecule has 21 heavy (non-hydrogen) atoms. The van der Waals surface area contributed by atoms with Crippen molar-refractivity contribution in [1.82, 2.24) is 4.90 Å². The van der Waals surface area contributed by atoms with Crippen LogP contribution >= 0.6 is 0 Å². The van der Waals surface area contributed by atoms with Gasteiger partial charge in [-0.25, -0.2) is 0 Å². The van der Waals surface area contributed by atoms with E-state index in [9.17, 15) is 10.1 Å². The second kappa shape index (κ2) is 5.89. The third-order valence-electron chi connectivity index (χ3n) is 4.07. The molecule has 1 N–H and O–H groups in total. The maximum atomic E-state index is 11.0. The van der Waals surface area contributed by atoms with Crippen LogP contribution in [0.2, 0.25) is 0 Å². The van der Waals surface area contributed by atoms with Gasteiger partial charge in [0.15, 0.2) is 0 Å². The largest absolute Gasteiger partial charge is 0.494 e. The van der Waals surface area contributed by atoms with Crippen molar-refractivity contribution in [2.75, 3.05) is 25.0 Å². The summed E-state index contributed by atoms with van der Waals surface area (Å²) in [7, 11) is 0. The van der Waals surface area contributed by atoms with Crippen molar-refractivity contribution in [3.05, 3.63) is 28.3 Å². The van der Waals surface area contributed by atoms with E-state index in [4.69, 9.17) is 4.74 Å². The molecule has 1 aromatic rings. The number of hydrogen-bond acceptors (Lipinski definition) is 5. The minimum Gasteiger partial charge on any atom is -0.494 e. The molecule has 0 bridgehead atoms. The van der Waals surface area contributed by atoms with Crippen LogP contribution in [0.1, 0.15) is 26.2 Å². The van der Waals surface area contributed by atoms with Gasteiger partial charge in [-0.3, -0.25) is 15.0 Å². The number of ether oxygens (including phenoxy) is 1. The van der Waals surface area contributed by atoms with Gasteiger partial charge in [0.25, 0.3) is 5.69 Å². The maximum absolute atomic E-state index is 11.0. The maximum Gasteiger partial charge on any atom is 0.275 e. The van der Waals surface area contributed by atoms with Gasteiger partial charge in [0, 0.05) is 43.0 Å². The first-order valence-electron chi connectivity index (χ1n) is 7.58. The summed E-state index contributed by atoms with van der Waals surface area (Å²) in [6.45, 7) is 4.52. The molecule has 3 rings (SSSR count). The van der Waals surface area contributed by atoms with Crippen LogP contribution < -0.4 is 10.1 Å². The highest BCUT2D eigenvalue weighted by atomic mass is 16.6. The summed E-state index contributed by atoms with van der Waals surface area (Å²) in [6.07, 6.45) is 3.72. The Balaban J connectivity index is 1.70. The Morgan fingerprint density at radius 1 is 1.38 bits per heavy atom. The molecule has 1 aromatic carbocycles. The summed E-state index contributed by atoms with van der Waals surface area (Å²) < 4.78 is 5.42. The van der Waals surface area contributed by atoms with Gasteiger partial charge >= 0.3 is 0 Å². The highest BCUT2D eigenvalue weighted by Crippen LogP contribution is 2.32. The molecule has 2 aliphatic rings. The Morgan fingerprint density at radius 3 is 2.86 bits per heavy atom. The molecule has 0 spiro atoms. The third kappa shape index (κ3) is 3.44. The van der Waals surface area contributed by atoms with Crippen LogP contribution in [0.4, 0.5) is 11.4 Å². The molecule has 1 saturated heterocycles. The first-order valence-corrected chi connectivity index (χ1v) is 7.58. The van der Waals surface area contributed by atoms with Crippen LogP contribution in [-0.4, -0.2) is 41.6 Å². The molecule has 6 nitrogen and oxygen atoms in total. The summed E-state index contributed by atoms with van der Waals surface area (Å²) in [5.41, 5.74) is 0.843. The van der Waals surface area contributed by atoms with Crippen LogP contribution in [0.15, 0.2) is 18.2 Å². The first-order chi connectivity index (χ1) is 10.2. The number of nitrogens with one attached hydrogen (secondary N) is 1. The molecule has 1 aliphatic carbocycles. The summed E-state index contributed by atoms with van der Waals surface area (Å²) in [4.78, 5) is 13.1. The number of rotatable bonds is 6. The number of nitro groups is 1. The van der Waals surface area contributed by atoms with Crippen molar-refractivity contribution >= 4 is 11.4 Å². The molecule has 114 valence electrons. The molecule has 1 unspecified atom stereocenters. The topological polar surface area (TPSA) is 67.6 Å². The molecule has 0 aromatic heterocycles. The fraction of sp³-hybridized carbons (Fsp3) is 0.600. The lowest BCUT2D eigenvalue weighted by Crippen LogP contribution is -2.27. The van der Waals surface area contributed by atoms with E-state index < -0.39 is 0 Å². The van der Waals surface area contributed by atoms with Crippen molar-refractivity contribution < 1.29 is 9.66 Å². The van der Waals surface area contributed by atoms with E-state index in [2.05, 4.69) is 10.2 Å². The van der Waals surface area contributed by atoms with Crippen molar-refractivity contribution in [2.24, 2.45) is 0 Å². The zero-order valence-corrected chi connectivity index (χ0v) is 12.2. The van der Waals surface area contributed by atoms with Crippen LogP contribution in [0, 0.1) is 10.1 Å². The molecule has 1 atom stereocenters. The summed E-state index contributed by atoms with van der Waals surface area (Å²) in [5, 5.41) is 14.4. The minimum atomic E-state index is -0.376. The zero-order valence-electron chi connectivity index (χ0n) is 12.2. The monoisotopic (exact) mass is 291 g/mol. The van der Waals surface area contributed by atoms with Gasteiger partial charge in [-0.2, -0.15) is 0 Å². The lowest BCUT2D eigenvalue weighted by atomic mass is 10.2. The van der Waals surface area contributed by atoms with Gasteiger partial charge in [-0.15, -0.1) is 0 Å². The fourth-order valence-electron chi connectivity index (χ4n) is 2.93. The molecular formula is C15H21N3O3. The Hall–Kier alpha value is -1.82. The quantitative estimate of drug-likeness (QED) is 0.644. The molecule has 1 aliphatic heterocycles. The van der Waals surface area contributed by atoms with Crippen LogP contribution in [-0.2, 0) is 0 Å². The standard InChI is InChI=1S/C15H21N3O3/c1-2-21-15-8-12(7-14(9-15)18(19)20)16-11-5-6-17(10-11)13-3-4-13/h7-9,11,13,16H,2-6,10H2,1H3. The minimum absolute atomic E-state index is 0.0699. The van der Waals surface area contributed by atoms with E-state index >= 15 is 0 Å². The highest BCUT2D eigenvalue weighted by Gasteiger charge is 2.34. The second-order valence-corrected chi connectivity index (χ2v) is 5.76. The van der Waals surface area contributed by atoms with Crippen molar-refractivity contribution in [2.45, 2.75) is 38.3 Å². The number of nitrogens with zero attached hydrogens (tertiary/aromatic N) is 2. The Morgan fingerprint density at radius 2 is 2.19 bits per heavy atom. The predicted molar refractivity (Wildman–Crippen MR) is 80.9 cm³/mol. The van der Waals surface area contributed by atoms with E-state index in [0.29, 0.717) is 18.4 Å². The van der Waals surface area contributed by atoms with Gasteiger partial charge < -0.3 is 10.1 Å². The van der Waals surface area contributed by atoms with E-state index in [0.717, 1.165) is 31.2 Å². The average molecular weight is 291 g/mol. The highest BCUT2D eigenvalue weighted by molar-refractivity contribution is 5.57. The predicted octanol–water partition coefficient (Wildman–Crippen LogP) is 2.64. The van der Waals surface area contributed by atoms with Crippen LogP contribution in [0.25, 0.3) is 0 Å². The molecule has 0 radical (unpaired) electrons. The van der Waals surface area contributed by atoms with E-state index in [1.165, 1.54) is 18.9 Å². The van der Waals surface area contributed by atoms with Gasteiger partial charge in [-0.05, 0) is 26.2 Å². The zero-order chi connectivity index (χ0) is 14.8. The Bertz CT molecular complexity index is 531. The van der Waals surface area contributed by atoms with Crippen LogP contribution in [0.5, 0.6) is 5.75 Å². The Kier molecular flexibility index (Phi) is 3.96. The summed E-state index contributed by atoms with van der Waals surface area (Å²) in [5.74, 6) is 0.547. The number of nitro benzene ring substituents is 1. The summed E-state index contributed by atoms with van der Waals surface area (Å²) >= 11 is 0. The van der Waals surface area contributed by atoms with Gasteiger partial charge in [0.1, 0.15) is 5.75 Å². The van der Waals surface area contributed by atoms with Gasteiger partial charge in [-0.1, -0.05) is 0 Å². The smallest absolute Gasteiger partial charge is 0.275 e. The number of hydrogen-bond donors (Lipinski definition) is 1. The van der Waals surface area contributed by atoms with Gasteiger partial charge in [0.2, 0.25) is 0 Å². The lowest BCUT2D eigenvalue weighted by molar-refractivity contribution is -0.384. The summed E-state index contributed by atoms with van der Waals surface area (Å²) in [6, 6.07) is 6.04. The third-order valence-corrected chi connectivity index (χ3v) is 4.07. The molecule has 1 heterocycles. The number of anilines is 1. The molecule has 0 amide bonds. The first kappa shape index (κ1) is 14.1. The number of benzene rings is 1. The van der Waals surface area contributed by atoms with Crippen molar-refractivity contribution in [3.8, 4) is 5.75 Å².